The van der Waals surface area contributed by atoms with Crippen molar-refractivity contribution in [1.82, 2.24) is 9.97 Å². The second-order valence-corrected chi connectivity index (χ2v) is 4.40. The maximum Gasteiger partial charge on any atom is 0.150 e. The van der Waals surface area contributed by atoms with Gasteiger partial charge < -0.3 is 4.74 Å². The molecule has 1 aromatic heterocycles. The number of nitrogens with zero attached hydrogens (tertiary/aromatic N) is 2. The number of aryl methyl sites for hydroxylation is 3. The standard InChI is InChI=1S/C15H16N2O2/c1-10-11(2)17-15(12(3)16-10)9-19-14-6-4-13(8-18)5-7-14/h4-8H,9H2,1-3H3. The number of rotatable bonds is 4. The van der Waals surface area contributed by atoms with Gasteiger partial charge in [0.25, 0.3) is 0 Å². The molecule has 0 aliphatic carbocycles. The fourth-order valence-electron chi connectivity index (χ4n) is 1.69. The van der Waals surface area contributed by atoms with E-state index in [-0.39, 0.29) is 0 Å². The quantitative estimate of drug-likeness (QED) is 0.789. The van der Waals surface area contributed by atoms with Gasteiger partial charge >= 0.3 is 0 Å². The van der Waals surface area contributed by atoms with E-state index < -0.39 is 0 Å². The van der Waals surface area contributed by atoms with Crippen LogP contribution < -0.4 is 4.74 Å². The normalized spacial score (nSPS) is 10.3. The summed E-state index contributed by atoms with van der Waals surface area (Å²) in [5, 5.41) is 0. The van der Waals surface area contributed by atoms with Gasteiger partial charge in [0.2, 0.25) is 0 Å². The van der Waals surface area contributed by atoms with Crippen LogP contribution >= 0.6 is 0 Å². The molecule has 0 aliphatic heterocycles. The largest absolute Gasteiger partial charge is 0.487 e. The topological polar surface area (TPSA) is 52.1 Å². The van der Waals surface area contributed by atoms with E-state index in [1.165, 1.54) is 0 Å². The lowest BCUT2D eigenvalue weighted by Crippen LogP contribution is -2.06. The van der Waals surface area contributed by atoms with Crippen molar-refractivity contribution in [3.63, 3.8) is 0 Å². The highest BCUT2D eigenvalue weighted by Crippen LogP contribution is 2.14. The van der Waals surface area contributed by atoms with Crippen molar-refractivity contribution in [1.29, 1.82) is 0 Å². The summed E-state index contributed by atoms with van der Waals surface area (Å²) in [6, 6.07) is 6.99. The van der Waals surface area contributed by atoms with Gasteiger partial charge in [0.05, 0.1) is 22.8 Å². The van der Waals surface area contributed by atoms with Crippen LogP contribution in [0.3, 0.4) is 0 Å². The van der Waals surface area contributed by atoms with Crippen LogP contribution in [-0.4, -0.2) is 16.3 Å². The zero-order chi connectivity index (χ0) is 13.8. The Morgan fingerprint density at radius 2 is 1.63 bits per heavy atom. The van der Waals surface area contributed by atoms with E-state index in [2.05, 4.69) is 9.97 Å². The van der Waals surface area contributed by atoms with Gasteiger partial charge in [0.1, 0.15) is 18.6 Å². The van der Waals surface area contributed by atoms with Crippen molar-refractivity contribution in [2.24, 2.45) is 0 Å². The van der Waals surface area contributed by atoms with Crippen molar-refractivity contribution in [2.75, 3.05) is 0 Å². The van der Waals surface area contributed by atoms with Crippen LogP contribution in [0.15, 0.2) is 24.3 Å². The van der Waals surface area contributed by atoms with Crippen molar-refractivity contribution < 1.29 is 9.53 Å². The van der Waals surface area contributed by atoms with Crippen LogP contribution in [0.5, 0.6) is 5.75 Å². The second-order valence-electron chi connectivity index (χ2n) is 4.40. The lowest BCUT2D eigenvalue weighted by atomic mass is 10.2. The smallest absolute Gasteiger partial charge is 0.150 e. The van der Waals surface area contributed by atoms with Crippen molar-refractivity contribution in [2.45, 2.75) is 27.4 Å². The minimum Gasteiger partial charge on any atom is -0.487 e. The maximum absolute atomic E-state index is 10.6. The van der Waals surface area contributed by atoms with Crippen LogP contribution in [0.1, 0.15) is 33.1 Å². The number of aldehydes is 1. The molecule has 19 heavy (non-hydrogen) atoms. The molecule has 1 aromatic carbocycles. The number of ether oxygens (including phenoxy) is 1. The number of carbonyl (C=O) groups is 1. The molecule has 0 aliphatic rings. The number of aromatic nitrogens is 2. The Morgan fingerprint density at radius 1 is 1.00 bits per heavy atom. The molecule has 0 saturated carbocycles. The van der Waals surface area contributed by atoms with E-state index in [0.29, 0.717) is 17.9 Å². The molecule has 0 bridgehead atoms. The molecule has 4 heteroatoms. The van der Waals surface area contributed by atoms with Gasteiger partial charge in [0, 0.05) is 5.56 Å². The molecule has 2 aromatic rings. The molecular formula is C15H16N2O2. The minimum absolute atomic E-state index is 0.375. The molecule has 4 nitrogen and oxygen atoms in total. The summed E-state index contributed by atoms with van der Waals surface area (Å²) >= 11 is 0. The van der Waals surface area contributed by atoms with Crippen LogP contribution in [0, 0.1) is 20.8 Å². The third-order valence-electron chi connectivity index (χ3n) is 2.97. The first-order valence-corrected chi connectivity index (χ1v) is 6.09. The summed E-state index contributed by atoms with van der Waals surface area (Å²) < 4.78 is 5.65. The molecule has 0 unspecified atom stereocenters. The summed E-state index contributed by atoms with van der Waals surface area (Å²) in [5.41, 5.74) is 4.21. The number of carbonyl (C=O) groups excluding carboxylic acids is 1. The summed E-state index contributed by atoms with van der Waals surface area (Å²) in [6.45, 7) is 6.18. The van der Waals surface area contributed by atoms with Crippen LogP contribution in [-0.2, 0) is 6.61 Å². The Kier molecular flexibility index (Phi) is 3.90. The third-order valence-corrected chi connectivity index (χ3v) is 2.97. The highest BCUT2D eigenvalue weighted by atomic mass is 16.5. The molecule has 2 rings (SSSR count). The van der Waals surface area contributed by atoms with E-state index in [4.69, 9.17) is 4.74 Å². The van der Waals surface area contributed by atoms with Crippen LogP contribution in [0.2, 0.25) is 0 Å². The Hall–Kier alpha value is -2.23. The van der Waals surface area contributed by atoms with Gasteiger partial charge in [-0.25, -0.2) is 0 Å². The van der Waals surface area contributed by atoms with Gasteiger partial charge in [-0.15, -0.1) is 0 Å². The number of hydrogen-bond acceptors (Lipinski definition) is 4. The zero-order valence-electron chi connectivity index (χ0n) is 11.3. The average Bonchev–Trinajstić information content (AvgIpc) is 2.42. The summed E-state index contributed by atoms with van der Waals surface area (Å²) in [4.78, 5) is 19.5. The molecular weight excluding hydrogens is 240 g/mol. The Morgan fingerprint density at radius 3 is 2.26 bits per heavy atom. The number of hydrogen-bond donors (Lipinski definition) is 0. The van der Waals surface area contributed by atoms with Crippen LogP contribution in [0.25, 0.3) is 0 Å². The SMILES string of the molecule is Cc1nc(C)c(COc2ccc(C=O)cc2)nc1C. The lowest BCUT2D eigenvalue weighted by molar-refractivity contribution is 0.112. The number of benzene rings is 1. The van der Waals surface area contributed by atoms with E-state index in [1.807, 2.05) is 20.8 Å². The van der Waals surface area contributed by atoms with E-state index in [9.17, 15) is 4.79 Å². The minimum atomic E-state index is 0.375. The van der Waals surface area contributed by atoms with Gasteiger partial charge in [0.15, 0.2) is 0 Å². The monoisotopic (exact) mass is 256 g/mol. The van der Waals surface area contributed by atoms with Gasteiger partial charge in [-0.2, -0.15) is 0 Å². The lowest BCUT2D eigenvalue weighted by Gasteiger charge is -2.09. The van der Waals surface area contributed by atoms with E-state index in [0.717, 1.165) is 29.1 Å². The van der Waals surface area contributed by atoms with Gasteiger partial charge in [-0.3, -0.25) is 14.8 Å². The molecule has 98 valence electrons. The summed E-state index contributed by atoms with van der Waals surface area (Å²) in [6.07, 6.45) is 0.808. The molecule has 0 N–H and O–H groups in total. The molecule has 0 amide bonds. The Labute approximate surface area is 112 Å². The second kappa shape index (κ2) is 5.61. The third kappa shape index (κ3) is 3.16. The summed E-state index contributed by atoms with van der Waals surface area (Å²) in [7, 11) is 0. The fraction of sp³-hybridized carbons (Fsp3) is 0.267. The Balaban J connectivity index is 2.09. The summed E-state index contributed by atoms with van der Waals surface area (Å²) in [5.74, 6) is 0.713. The maximum atomic E-state index is 10.6. The molecule has 0 atom stereocenters. The molecule has 0 fully saturated rings. The first-order chi connectivity index (χ1) is 9.10. The van der Waals surface area contributed by atoms with Crippen molar-refractivity contribution >= 4 is 6.29 Å². The van der Waals surface area contributed by atoms with Crippen molar-refractivity contribution in [3.05, 3.63) is 52.6 Å². The highest BCUT2D eigenvalue weighted by molar-refractivity contribution is 5.74. The first kappa shape index (κ1) is 13.2. The average molecular weight is 256 g/mol. The van der Waals surface area contributed by atoms with E-state index >= 15 is 0 Å². The van der Waals surface area contributed by atoms with E-state index in [1.54, 1.807) is 24.3 Å². The van der Waals surface area contributed by atoms with Crippen LogP contribution in [0.4, 0.5) is 0 Å². The predicted molar refractivity (Wildman–Crippen MR) is 72.4 cm³/mol. The fourth-order valence-corrected chi connectivity index (χ4v) is 1.69. The first-order valence-electron chi connectivity index (χ1n) is 6.09. The zero-order valence-corrected chi connectivity index (χ0v) is 11.3. The Bertz CT molecular complexity index is 592. The highest BCUT2D eigenvalue weighted by Gasteiger charge is 2.06. The van der Waals surface area contributed by atoms with Crippen molar-refractivity contribution in [3.8, 4) is 5.75 Å². The molecule has 1 heterocycles. The molecule has 0 saturated heterocycles. The van der Waals surface area contributed by atoms with Gasteiger partial charge in [-0.1, -0.05) is 0 Å². The molecule has 0 spiro atoms. The predicted octanol–water partition coefficient (Wildman–Crippen LogP) is 2.79. The van der Waals surface area contributed by atoms with Gasteiger partial charge in [-0.05, 0) is 45.0 Å². The molecule has 0 radical (unpaired) electrons.